The van der Waals surface area contributed by atoms with Gasteiger partial charge in [-0.1, -0.05) is 6.07 Å². The van der Waals surface area contributed by atoms with Crippen molar-refractivity contribution in [1.82, 2.24) is 29.7 Å². The number of ether oxygens (including phenoxy) is 1. The van der Waals surface area contributed by atoms with Crippen LogP contribution in [0.2, 0.25) is 0 Å². The van der Waals surface area contributed by atoms with Gasteiger partial charge in [-0.15, -0.1) is 0 Å². The Morgan fingerprint density at radius 2 is 2.00 bits per heavy atom. The smallest absolute Gasteiger partial charge is 0.231 e. The third-order valence-electron chi connectivity index (χ3n) is 5.10. The zero-order valence-corrected chi connectivity index (χ0v) is 17.4. The molecule has 0 radical (unpaired) electrons. The second kappa shape index (κ2) is 7.28. The number of nitrogens with one attached hydrogen (secondary N) is 2. The topological polar surface area (TPSA) is 120 Å². The van der Waals surface area contributed by atoms with Gasteiger partial charge in [-0.3, -0.25) is 0 Å². The van der Waals surface area contributed by atoms with Crippen molar-refractivity contribution < 1.29 is 4.74 Å². The lowest BCUT2D eigenvalue weighted by Gasteiger charge is -2.09. The van der Waals surface area contributed by atoms with E-state index in [-0.39, 0.29) is 6.04 Å². The van der Waals surface area contributed by atoms with Crippen molar-refractivity contribution in [3.63, 3.8) is 0 Å². The van der Waals surface area contributed by atoms with Crippen LogP contribution >= 0.6 is 0 Å². The maximum Gasteiger partial charge on any atom is 0.231 e. The van der Waals surface area contributed by atoms with Gasteiger partial charge < -0.3 is 20.8 Å². The van der Waals surface area contributed by atoms with Crippen LogP contribution in [0.15, 0.2) is 48.8 Å². The number of methoxy groups -OCH3 is 1. The Kier molecular flexibility index (Phi) is 4.43. The number of aromatic nitrogens is 6. The Balaban J connectivity index is 1.63. The summed E-state index contributed by atoms with van der Waals surface area (Å²) in [5, 5.41) is 9.85. The van der Waals surface area contributed by atoms with E-state index in [1.165, 1.54) is 0 Å². The fourth-order valence-corrected chi connectivity index (χ4v) is 3.59. The van der Waals surface area contributed by atoms with Crippen molar-refractivity contribution in [1.29, 1.82) is 0 Å². The number of anilines is 3. The predicted octanol–water partition coefficient (Wildman–Crippen LogP) is 4.28. The highest BCUT2D eigenvalue weighted by atomic mass is 16.5. The molecule has 0 spiro atoms. The van der Waals surface area contributed by atoms with Crippen molar-refractivity contribution in [2.75, 3.05) is 18.2 Å². The Bertz CT molecular complexity index is 1380. The summed E-state index contributed by atoms with van der Waals surface area (Å²) in [6, 6.07) is 11.9. The zero-order chi connectivity index (χ0) is 21.5. The van der Waals surface area contributed by atoms with Gasteiger partial charge in [0.25, 0.3) is 0 Å². The molecule has 4 N–H and O–H groups in total. The minimum absolute atomic E-state index is 0.0945. The first-order chi connectivity index (χ1) is 15.0. The molecule has 0 saturated heterocycles. The van der Waals surface area contributed by atoms with Crippen LogP contribution < -0.4 is 15.8 Å². The van der Waals surface area contributed by atoms with E-state index in [0.717, 1.165) is 33.2 Å². The minimum atomic E-state index is 0.0945. The predicted molar refractivity (Wildman–Crippen MR) is 121 cm³/mol. The van der Waals surface area contributed by atoms with E-state index in [0.29, 0.717) is 23.3 Å². The van der Waals surface area contributed by atoms with Crippen molar-refractivity contribution >= 4 is 39.4 Å². The van der Waals surface area contributed by atoms with Crippen molar-refractivity contribution in [2.45, 2.75) is 19.9 Å². The molecule has 5 aromatic rings. The summed E-state index contributed by atoms with van der Waals surface area (Å²) in [7, 11) is 1.58. The summed E-state index contributed by atoms with van der Waals surface area (Å²) in [6.07, 6.45) is 3.57. The average molecular weight is 414 g/mol. The second-order valence-electron chi connectivity index (χ2n) is 7.51. The highest BCUT2D eigenvalue weighted by molar-refractivity contribution is 6.00. The van der Waals surface area contributed by atoms with Gasteiger partial charge in [0, 0.05) is 34.8 Å². The van der Waals surface area contributed by atoms with E-state index < -0.39 is 0 Å². The van der Waals surface area contributed by atoms with Crippen molar-refractivity contribution in [2.24, 2.45) is 0 Å². The van der Waals surface area contributed by atoms with E-state index in [1.807, 2.05) is 35.1 Å². The van der Waals surface area contributed by atoms with E-state index in [4.69, 9.17) is 20.6 Å². The summed E-state index contributed by atoms with van der Waals surface area (Å²) >= 11 is 0. The number of nitrogens with zero attached hydrogens (tertiary/aromatic N) is 5. The number of H-pyrrole nitrogens is 1. The number of nitrogens with two attached hydrogens (primary N) is 1. The molecule has 1 aromatic carbocycles. The van der Waals surface area contributed by atoms with Crippen molar-refractivity contribution in [3.8, 4) is 17.1 Å². The number of hydrogen-bond donors (Lipinski definition) is 3. The van der Waals surface area contributed by atoms with Gasteiger partial charge in [-0.2, -0.15) is 15.1 Å². The summed E-state index contributed by atoms with van der Waals surface area (Å²) < 4.78 is 6.98. The summed E-state index contributed by atoms with van der Waals surface area (Å²) in [5.74, 6) is 1.28. The summed E-state index contributed by atoms with van der Waals surface area (Å²) in [5.41, 5.74) is 10.6. The molecular formula is C22H22N8O. The van der Waals surface area contributed by atoms with E-state index >= 15 is 0 Å². The molecule has 0 fully saturated rings. The van der Waals surface area contributed by atoms with Gasteiger partial charge in [0.15, 0.2) is 5.65 Å². The van der Waals surface area contributed by atoms with E-state index in [1.54, 1.807) is 19.4 Å². The van der Waals surface area contributed by atoms with Crippen molar-refractivity contribution in [3.05, 3.63) is 48.8 Å². The molecule has 0 aliphatic carbocycles. The molecule has 0 unspecified atom stereocenters. The number of fused-ring (bicyclic) bond motifs is 2. The van der Waals surface area contributed by atoms with Gasteiger partial charge in [-0.05, 0) is 38.1 Å². The van der Waals surface area contributed by atoms with Crippen LogP contribution in [-0.4, -0.2) is 36.8 Å². The first kappa shape index (κ1) is 18.9. The van der Waals surface area contributed by atoms with Crippen LogP contribution in [0.25, 0.3) is 33.2 Å². The molecule has 31 heavy (non-hydrogen) atoms. The molecule has 156 valence electrons. The first-order valence-electron chi connectivity index (χ1n) is 9.94. The number of hydrogen-bond acceptors (Lipinski definition) is 7. The standard InChI is InChI=1S/C22H22N8O/c1-12(2)30-21-18(19(29-30)14-4-6-16-13(10-14)8-9-24-16)20(23)27-22(28-21)26-15-5-7-17(31-3)25-11-15/h4-12,24H,1-3H3,(H3,23,26,27,28). The maximum atomic E-state index is 6.41. The highest BCUT2D eigenvalue weighted by Crippen LogP contribution is 2.34. The zero-order valence-electron chi connectivity index (χ0n) is 17.4. The average Bonchev–Trinajstić information content (AvgIpc) is 3.38. The number of benzene rings is 1. The number of rotatable bonds is 5. The Labute approximate surface area is 178 Å². The summed E-state index contributed by atoms with van der Waals surface area (Å²) in [4.78, 5) is 16.6. The van der Waals surface area contributed by atoms with Gasteiger partial charge in [0.05, 0.1) is 24.4 Å². The van der Waals surface area contributed by atoms with Gasteiger partial charge >= 0.3 is 0 Å². The first-order valence-corrected chi connectivity index (χ1v) is 9.94. The molecule has 5 rings (SSSR count). The molecular weight excluding hydrogens is 392 g/mol. The molecule has 0 aliphatic heterocycles. The lowest BCUT2D eigenvalue weighted by Crippen LogP contribution is -2.06. The largest absolute Gasteiger partial charge is 0.481 e. The third kappa shape index (κ3) is 3.29. The van der Waals surface area contributed by atoms with Crippen LogP contribution in [0.1, 0.15) is 19.9 Å². The maximum absolute atomic E-state index is 6.41. The molecule has 0 saturated carbocycles. The fraction of sp³-hybridized carbons (Fsp3) is 0.182. The molecule has 0 aliphatic rings. The lowest BCUT2D eigenvalue weighted by molar-refractivity contribution is 0.398. The minimum Gasteiger partial charge on any atom is -0.481 e. The quantitative estimate of drug-likeness (QED) is 0.392. The number of pyridine rings is 1. The highest BCUT2D eigenvalue weighted by Gasteiger charge is 2.20. The van der Waals surface area contributed by atoms with Gasteiger partial charge in [0.1, 0.15) is 11.5 Å². The Morgan fingerprint density at radius 3 is 2.74 bits per heavy atom. The summed E-state index contributed by atoms with van der Waals surface area (Å²) in [6.45, 7) is 4.12. The molecule has 0 amide bonds. The van der Waals surface area contributed by atoms with Crippen LogP contribution in [0.5, 0.6) is 5.88 Å². The van der Waals surface area contributed by atoms with Crippen LogP contribution in [0.4, 0.5) is 17.5 Å². The normalized spacial score (nSPS) is 11.5. The van der Waals surface area contributed by atoms with E-state index in [9.17, 15) is 0 Å². The lowest BCUT2D eigenvalue weighted by atomic mass is 10.1. The number of aromatic amines is 1. The van der Waals surface area contributed by atoms with E-state index in [2.05, 4.69) is 40.2 Å². The van der Waals surface area contributed by atoms with Crippen LogP contribution in [0.3, 0.4) is 0 Å². The third-order valence-corrected chi connectivity index (χ3v) is 5.10. The SMILES string of the molecule is COc1ccc(Nc2nc(N)c3c(-c4ccc5[nH]ccc5c4)nn(C(C)C)c3n2)cn1. The second-order valence-corrected chi connectivity index (χ2v) is 7.51. The molecule has 0 bridgehead atoms. The molecule has 0 atom stereocenters. The number of nitrogen functional groups attached to an aromatic ring is 1. The monoisotopic (exact) mass is 414 g/mol. The Morgan fingerprint density at radius 1 is 1.13 bits per heavy atom. The van der Waals surface area contributed by atoms with Gasteiger partial charge in [-0.25, -0.2) is 9.67 Å². The molecule has 9 heteroatoms. The molecule has 4 aromatic heterocycles. The van der Waals surface area contributed by atoms with Crippen LogP contribution in [-0.2, 0) is 0 Å². The van der Waals surface area contributed by atoms with Crippen LogP contribution in [0, 0.1) is 0 Å². The fourth-order valence-electron chi connectivity index (χ4n) is 3.59. The Hall–Kier alpha value is -4.14. The molecule has 4 heterocycles. The molecule has 9 nitrogen and oxygen atoms in total. The van der Waals surface area contributed by atoms with Gasteiger partial charge in [0.2, 0.25) is 11.8 Å².